The van der Waals surface area contributed by atoms with Crippen LogP contribution in [-0.4, -0.2) is 45.7 Å². The molecule has 31 heavy (non-hydrogen) atoms. The van der Waals surface area contributed by atoms with Crippen molar-refractivity contribution >= 4 is 17.8 Å². The minimum atomic E-state index is -0.275. The molecular formula is C23H25NO7. The smallest absolute Gasteiger partial charge is 0.258 e. The van der Waals surface area contributed by atoms with Crippen LogP contribution in [0.1, 0.15) is 29.8 Å². The first-order valence-electron chi connectivity index (χ1n) is 9.66. The van der Waals surface area contributed by atoms with Gasteiger partial charge < -0.3 is 29.0 Å². The Balaban J connectivity index is 1.84. The molecule has 0 atom stereocenters. The molecule has 0 spiro atoms. The fraction of sp³-hybridized carbons (Fsp3) is 0.304. The maximum Gasteiger partial charge on any atom is 0.258 e. The lowest BCUT2D eigenvalue weighted by Crippen LogP contribution is -2.34. The highest BCUT2D eigenvalue weighted by Crippen LogP contribution is 2.39. The molecule has 8 heteroatoms. The zero-order chi connectivity index (χ0) is 22.5. The van der Waals surface area contributed by atoms with E-state index in [1.165, 1.54) is 21.3 Å². The Morgan fingerprint density at radius 1 is 1.06 bits per heavy atom. The first kappa shape index (κ1) is 22.0. The van der Waals surface area contributed by atoms with E-state index in [0.29, 0.717) is 39.9 Å². The normalized spacial score (nSPS) is 13.6. The summed E-state index contributed by atoms with van der Waals surface area (Å²) in [5.41, 5.74) is 0.968. The molecule has 0 fully saturated rings. The Kier molecular flexibility index (Phi) is 6.69. The van der Waals surface area contributed by atoms with Gasteiger partial charge in [-0.2, -0.15) is 0 Å². The van der Waals surface area contributed by atoms with Crippen molar-refractivity contribution in [2.24, 2.45) is 0 Å². The van der Waals surface area contributed by atoms with Crippen molar-refractivity contribution in [2.75, 3.05) is 27.9 Å². The highest BCUT2D eigenvalue weighted by molar-refractivity contribution is 6.14. The summed E-state index contributed by atoms with van der Waals surface area (Å²) in [6.45, 7) is 3.61. The van der Waals surface area contributed by atoms with Crippen molar-refractivity contribution in [1.82, 2.24) is 5.32 Å². The largest absolute Gasteiger partial charge is 0.497 e. The number of rotatable bonds is 8. The lowest BCUT2D eigenvalue weighted by atomic mass is 10.1. The molecular weight excluding hydrogens is 402 g/mol. The maximum absolute atomic E-state index is 12.8. The predicted octanol–water partition coefficient (Wildman–Crippen LogP) is 3.23. The third-order valence-corrected chi connectivity index (χ3v) is 4.46. The number of amides is 1. The topological polar surface area (TPSA) is 92.3 Å². The van der Waals surface area contributed by atoms with Crippen molar-refractivity contribution in [3.8, 4) is 28.7 Å². The summed E-state index contributed by atoms with van der Waals surface area (Å²) in [4.78, 5) is 24.6. The van der Waals surface area contributed by atoms with E-state index in [4.69, 9.17) is 23.7 Å². The van der Waals surface area contributed by atoms with E-state index < -0.39 is 0 Å². The number of hydrogen-bond acceptors (Lipinski definition) is 7. The zero-order valence-corrected chi connectivity index (χ0v) is 18.1. The van der Waals surface area contributed by atoms with Crippen LogP contribution in [0.2, 0.25) is 0 Å². The second-order valence-corrected chi connectivity index (χ2v) is 7.06. The number of benzene rings is 2. The van der Waals surface area contributed by atoms with Gasteiger partial charge in [-0.25, -0.2) is 0 Å². The van der Waals surface area contributed by atoms with Crippen molar-refractivity contribution in [3.63, 3.8) is 0 Å². The van der Waals surface area contributed by atoms with Gasteiger partial charge >= 0.3 is 0 Å². The molecule has 0 bridgehead atoms. The van der Waals surface area contributed by atoms with Crippen LogP contribution in [-0.2, 0) is 4.79 Å². The summed E-state index contributed by atoms with van der Waals surface area (Å²) < 4.78 is 27.4. The minimum Gasteiger partial charge on any atom is -0.497 e. The van der Waals surface area contributed by atoms with Crippen LogP contribution < -0.4 is 29.0 Å². The SMILES string of the molecule is COc1cc(C=C2Oc3cc(OCC(=O)NC(C)C)ccc3C2=O)c(OC)c(OC)c1. The summed E-state index contributed by atoms with van der Waals surface area (Å²) in [6.07, 6.45) is 1.57. The standard InChI is InChI=1S/C23H25NO7/c1-13(2)24-21(25)12-30-15-6-7-17-18(10-15)31-19(22(17)26)9-14-8-16(27-3)11-20(28-4)23(14)29-5/h6-11,13H,12H2,1-5H3,(H,24,25). The van der Waals surface area contributed by atoms with Gasteiger partial charge in [0.25, 0.3) is 5.91 Å². The molecule has 0 aromatic heterocycles. The summed E-state index contributed by atoms with van der Waals surface area (Å²) in [6, 6.07) is 8.25. The van der Waals surface area contributed by atoms with Gasteiger partial charge in [0.1, 0.15) is 17.2 Å². The Labute approximate surface area is 180 Å². The zero-order valence-electron chi connectivity index (χ0n) is 18.1. The highest BCUT2D eigenvalue weighted by Gasteiger charge is 2.28. The molecule has 0 unspecified atom stereocenters. The number of Topliss-reactive ketones (excluding diaryl/α,β-unsaturated/α-hetero) is 1. The molecule has 8 nitrogen and oxygen atoms in total. The molecule has 2 aromatic carbocycles. The van der Waals surface area contributed by atoms with Gasteiger partial charge in [0, 0.05) is 23.7 Å². The van der Waals surface area contributed by atoms with Crippen LogP contribution in [0.15, 0.2) is 36.1 Å². The summed E-state index contributed by atoms with van der Waals surface area (Å²) in [7, 11) is 4.57. The lowest BCUT2D eigenvalue weighted by molar-refractivity contribution is -0.123. The van der Waals surface area contributed by atoms with E-state index in [1.807, 2.05) is 13.8 Å². The van der Waals surface area contributed by atoms with E-state index >= 15 is 0 Å². The molecule has 1 aliphatic heterocycles. The molecule has 164 valence electrons. The molecule has 2 aromatic rings. The first-order chi connectivity index (χ1) is 14.9. The Hall–Kier alpha value is -3.68. The van der Waals surface area contributed by atoms with Crippen molar-refractivity contribution in [3.05, 3.63) is 47.2 Å². The second-order valence-electron chi connectivity index (χ2n) is 7.06. The van der Waals surface area contributed by atoms with Gasteiger partial charge in [-0.05, 0) is 38.1 Å². The Morgan fingerprint density at radius 2 is 1.84 bits per heavy atom. The summed E-state index contributed by atoms with van der Waals surface area (Å²) >= 11 is 0. The number of carbonyl (C=O) groups excluding carboxylic acids is 2. The van der Waals surface area contributed by atoms with Crippen LogP contribution in [0.4, 0.5) is 0 Å². The van der Waals surface area contributed by atoms with E-state index in [2.05, 4.69) is 5.32 Å². The van der Waals surface area contributed by atoms with Gasteiger partial charge in [-0.3, -0.25) is 9.59 Å². The summed E-state index contributed by atoms with van der Waals surface area (Å²) in [5, 5.41) is 2.75. The van der Waals surface area contributed by atoms with Crippen molar-refractivity contribution in [1.29, 1.82) is 0 Å². The van der Waals surface area contributed by atoms with Crippen molar-refractivity contribution < 1.29 is 33.3 Å². The number of hydrogen-bond donors (Lipinski definition) is 1. The van der Waals surface area contributed by atoms with Crippen LogP contribution in [0.5, 0.6) is 28.7 Å². The molecule has 1 heterocycles. The van der Waals surface area contributed by atoms with Crippen LogP contribution in [0.25, 0.3) is 6.08 Å². The van der Waals surface area contributed by atoms with E-state index in [0.717, 1.165) is 0 Å². The monoisotopic (exact) mass is 427 g/mol. The fourth-order valence-electron chi connectivity index (χ4n) is 3.10. The first-order valence-corrected chi connectivity index (χ1v) is 9.66. The fourth-order valence-corrected chi connectivity index (χ4v) is 3.10. The Morgan fingerprint density at radius 3 is 2.48 bits per heavy atom. The molecule has 1 amide bonds. The van der Waals surface area contributed by atoms with E-state index in [1.54, 1.807) is 36.4 Å². The molecule has 0 radical (unpaired) electrons. The number of allylic oxidation sites excluding steroid dienone is 1. The minimum absolute atomic E-state index is 0.0250. The maximum atomic E-state index is 12.8. The summed E-state index contributed by atoms with van der Waals surface area (Å²) in [5.74, 6) is 1.85. The lowest BCUT2D eigenvalue weighted by Gasteiger charge is -2.13. The average molecular weight is 427 g/mol. The van der Waals surface area contributed by atoms with Gasteiger partial charge in [-0.1, -0.05) is 0 Å². The number of fused-ring (bicyclic) bond motifs is 1. The number of carbonyl (C=O) groups is 2. The van der Waals surface area contributed by atoms with E-state index in [9.17, 15) is 9.59 Å². The molecule has 1 N–H and O–H groups in total. The quantitative estimate of drug-likeness (QED) is 0.647. The van der Waals surface area contributed by atoms with E-state index in [-0.39, 0.29) is 30.1 Å². The van der Waals surface area contributed by atoms with Gasteiger partial charge in [-0.15, -0.1) is 0 Å². The third-order valence-electron chi connectivity index (χ3n) is 4.46. The van der Waals surface area contributed by atoms with Crippen LogP contribution in [0.3, 0.4) is 0 Å². The number of nitrogens with one attached hydrogen (secondary N) is 1. The number of methoxy groups -OCH3 is 3. The van der Waals surface area contributed by atoms with Gasteiger partial charge in [0.15, 0.2) is 23.9 Å². The Bertz CT molecular complexity index is 1030. The third kappa shape index (κ3) is 4.91. The number of ketones is 1. The van der Waals surface area contributed by atoms with Gasteiger partial charge in [0.05, 0.1) is 26.9 Å². The highest BCUT2D eigenvalue weighted by atomic mass is 16.5. The molecule has 0 saturated heterocycles. The molecule has 3 rings (SSSR count). The molecule has 0 saturated carbocycles. The van der Waals surface area contributed by atoms with Crippen molar-refractivity contribution in [2.45, 2.75) is 19.9 Å². The van der Waals surface area contributed by atoms with Crippen LogP contribution >= 0.6 is 0 Å². The molecule has 0 aliphatic carbocycles. The van der Waals surface area contributed by atoms with Crippen LogP contribution in [0, 0.1) is 0 Å². The second kappa shape index (κ2) is 9.42. The predicted molar refractivity (Wildman–Crippen MR) is 114 cm³/mol. The number of ether oxygens (including phenoxy) is 5. The molecule has 1 aliphatic rings. The average Bonchev–Trinajstić information content (AvgIpc) is 3.05. The van der Waals surface area contributed by atoms with Gasteiger partial charge in [0.2, 0.25) is 5.78 Å².